The fourth-order valence-corrected chi connectivity index (χ4v) is 6.22. The topological polar surface area (TPSA) is 47.9 Å². The van der Waals surface area contributed by atoms with Crippen molar-refractivity contribution in [2.45, 2.75) is 69.0 Å². The van der Waals surface area contributed by atoms with Gasteiger partial charge in [-0.15, -0.1) is 0 Å². The molecule has 6 atom stereocenters. The van der Waals surface area contributed by atoms with E-state index in [1.54, 1.807) is 0 Å². The normalized spacial score (nSPS) is 68.7. The summed E-state index contributed by atoms with van der Waals surface area (Å²) in [5.41, 5.74) is -0.633. The van der Waals surface area contributed by atoms with Crippen molar-refractivity contribution in [2.24, 2.45) is 10.8 Å². The minimum absolute atomic E-state index is 0.000579. The number of rotatable bonds is 1. The third kappa shape index (κ3) is 0.844. The van der Waals surface area contributed by atoms with E-state index in [1.165, 1.54) is 0 Å². The van der Waals surface area contributed by atoms with Gasteiger partial charge in [0.2, 0.25) is 0 Å². The Balaban J connectivity index is 1.77. The lowest BCUT2D eigenvalue weighted by Crippen LogP contribution is -2.70. The van der Waals surface area contributed by atoms with Gasteiger partial charge in [0, 0.05) is 11.8 Å². The molecule has 6 aliphatic rings. The molecule has 19 heavy (non-hydrogen) atoms. The van der Waals surface area contributed by atoms with Crippen molar-refractivity contribution in [3.63, 3.8) is 0 Å². The first-order valence-electron chi connectivity index (χ1n) is 7.58. The van der Waals surface area contributed by atoms with Crippen molar-refractivity contribution in [1.29, 1.82) is 0 Å². The first kappa shape index (κ1) is 11.5. The maximum atomic E-state index is 10.1. The van der Waals surface area contributed by atoms with Crippen molar-refractivity contribution < 1.29 is 19.3 Å². The fourth-order valence-electron chi connectivity index (χ4n) is 6.22. The summed E-state index contributed by atoms with van der Waals surface area (Å²) in [6, 6.07) is 0. The van der Waals surface area contributed by atoms with Crippen LogP contribution in [-0.2, 0) is 14.2 Å². The molecule has 106 valence electrons. The molecule has 6 fully saturated rings. The van der Waals surface area contributed by atoms with Gasteiger partial charge >= 0.3 is 0 Å². The molecule has 4 saturated heterocycles. The first-order chi connectivity index (χ1) is 8.95. The van der Waals surface area contributed by atoms with Crippen LogP contribution in [0.25, 0.3) is 0 Å². The monoisotopic (exact) mass is 266 g/mol. The second-order valence-corrected chi connectivity index (χ2v) is 7.88. The summed E-state index contributed by atoms with van der Waals surface area (Å²) in [4.78, 5) is 0. The number of ether oxygens (including phenoxy) is 3. The predicted molar refractivity (Wildman–Crippen MR) is 66.5 cm³/mol. The van der Waals surface area contributed by atoms with E-state index in [2.05, 4.69) is 13.8 Å². The Kier molecular flexibility index (Phi) is 1.67. The molecule has 4 heterocycles. The molecule has 4 nitrogen and oxygen atoms in total. The molecular weight excluding hydrogens is 244 g/mol. The van der Waals surface area contributed by atoms with Crippen LogP contribution in [0.2, 0.25) is 0 Å². The lowest BCUT2D eigenvalue weighted by molar-refractivity contribution is -0.344. The largest absolute Gasteiger partial charge is 0.393 e. The van der Waals surface area contributed by atoms with Gasteiger partial charge in [0.1, 0.15) is 5.60 Å². The Morgan fingerprint density at radius 1 is 1.21 bits per heavy atom. The van der Waals surface area contributed by atoms with E-state index >= 15 is 0 Å². The van der Waals surface area contributed by atoms with E-state index in [0.717, 1.165) is 38.7 Å². The van der Waals surface area contributed by atoms with Crippen molar-refractivity contribution in [2.75, 3.05) is 13.2 Å². The number of fused-ring (bicyclic) bond motifs is 2. The standard InChI is InChI=1S/C15H22O4/c1-11-5-6-13(9-17-11)12(2)4-3-10-14(12,8-16)19-15(13,7-11)18-10/h10,16H,3-9H2,1-2H3/t10-,11+,12-,13+,14+,15-/m1/s1. The quantitative estimate of drug-likeness (QED) is 0.783. The molecule has 0 amide bonds. The zero-order valence-electron chi connectivity index (χ0n) is 11.7. The molecule has 4 bridgehead atoms. The summed E-state index contributed by atoms with van der Waals surface area (Å²) in [7, 11) is 0. The van der Waals surface area contributed by atoms with Crippen molar-refractivity contribution in [1.82, 2.24) is 0 Å². The summed E-state index contributed by atoms with van der Waals surface area (Å²) in [6.07, 6.45) is 5.19. The Morgan fingerprint density at radius 3 is 2.74 bits per heavy atom. The minimum Gasteiger partial charge on any atom is -0.393 e. The van der Waals surface area contributed by atoms with Crippen LogP contribution in [0, 0.1) is 10.8 Å². The second-order valence-electron chi connectivity index (χ2n) is 7.88. The van der Waals surface area contributed by atoms with E-state index < -0.39 is 11.4 Å². The average molecular weight is 266 g/mol. The van der Waals surface area contributed by atoms with Gasteiger partial charge in [0.25, 0.3) is 0 Å². The van der Waals surface area contributed by atoms with E-state index in [1.807, 2.05) is 0 Å². The molecule has 0 unspecified atom stereocenters. The molecular formula is C15H22O4. The first-order valence-corrected chi connectivity index (χ1v) is 7.58. The average Bonchev–Trinajstić information content (AvgIpc) is 2.86. The highest BCUT2D eigenvalue weighted by atomic mass is 16.8. The third-order valence-corrected chi connectivity index (χ3v) is 7.41. The van der Waals surface area contributed by atoms with Crippen LogP contribution in [-0.4, -0.2) is 41.4 Å². The number of aliphatic hydroxyl groups is 1. The molecule has 6 rings (SSSR count). The molecule has 1 N–H and O–H groups in total. The Morgan fingerprint density at radius 2 is 2.05 bits per heavy atom. The zero-order chi connectivity index (χ0) is 13.1. The SMILES string of the molecule is C[C@@]12CC[C@@]3(CO1)[C@]1(C2)O[C@@H]2CC[C@@]3(C)[C@@]2(CO)O1. The molecule has 0 aromatic rings. The van der Waals surface area contributed by atoms with Gasteiger partial charge in [-0.25, -0.2) is 0 Å². The zero-order valence-corrected chi connectivity index (χ0v) is 11.7. The smallest absolute Gasteiger partial charge is 0.180 e. The maximum absolute atomic E-state index is 10.1. The molecule has 0 aromatic carbocycles. The summed E-state index contributed by atoms with van der Waals surface area (Å²) >= 11 is 0. The highest BCUT2D eigenvalue weighted by Crippen LogP contribution is 2.80. The third-order valence-electron chi connectivity index (χ3n) is 7.41. The molecule has 2 spiro atoms. The van der Waals surface area contributed by atoms with E-state index in [0.29, 0.717) is 0 Å². The van der Waals surface area contributed by atoms with Crippen LogP contribution < -0.4 is 0 Å². The van der Waals surface area contributed by atoms with Crippen molar-refractivity contribution >= 4 is 0 Å². The van der Waals surface area contributed by atoms with Gasteiger partial charge in [-0.05, 0) is 32.6 Å². The number of hydrogen-bond donors (Lipinski definition) is 1. The summed E-state index contributed by atoms with van der Waals surface area (Å²) < 4.78 is 19.1. The molecule has 4 aliphatic heterocycles. The van der Waals surface area contributed by atoms with E-state index in [4.69, 9.17) is 14.2 Å². The number of hydrogen-bond acceptors (Lipinski definition) is 4. The van der Waals surface area contributed by atoms with Crippen LogP contribution >= 0.6 is 0 Å². The van der Waals surface area contributed by atoms with Gasteiger partial charge in [0.15, 0.2) is 5.79 Å². The molecule has 2 aliphatic carbocycles. The van der Waals surface area contributed by atoms with Gasteiger partial charge in [-0.2, -0.15) is 0 Å². The predicted octanol–water partition coefficient (Wildman–Crippen LogP) is 1.60. The lowest BCUT2D eigenvalue weighted by atomic mass is 9.49. The van der Waals surface area contributed by atoms with Crippen LogP contribution in [0.4, 0.5) is 0 Å². The summed E-state index contributed by atoms with van der Waals surface area (Å²) in [5.74, 6) is -0.489. The van der Waals surface area contributed by atoms with E-state index in [9.17, 15) is 5.11 Å². The Labute approximate surface area is 113 Å². The van der Waals surface area contributed by atoms with Gasteiger partial charge in [0.05, 0.1) is 30.3 Å². The van der Waals surface area contributed by atoms with Gasteiger partial charge in [-0.1, -0.05) is 6.92 Å². The molecule has 2 saturated carbocycles. The molecule has 0 aromatic heterocycles. The van der Waals surface area contributed by atoms with Crippen LogP contribution in [0.5, 0.6) is 0 Å². The van der Waals surface area contributed by atoms with Crippen LogP contribution in [0.15, 0.2) is 0 Å². The van der Waals surface area contributed by atoms with Crippen molar-refractivity contribution in [3.8, 4) is 0 Å². The summed E-state index contributed by atoms with van der Waals surface area (Å²) in [6.45, 7) is 5.30. The van der Waals surface area contributed by atoms with Gasteiger partial charge in [-0.3, -0.25) is 0 Å². The van der Waals surface area contributed by atoms with Crippen LogP contribution in [0.3, 0.4) is 0 Å². The lowest BCUT2D eigenvalue weighted by Gasteiger charge is -2.63. The van der Waals surface area contributed by atoms with Crippen LogP contribution in [0.1, 0.15) is 46.0 Å². The Hall–Kier alpha value is -0.160. The molecule has 0 radical (unpaired) electrons. The van der Waals surface area contributed by atoms with Gasteiger partial charge < -0.3 is 19.3 Å². The molecule has 4 heteroatoms. The fraction of sp³-hybridized carbons (Fsp3) is 1.00. The highest BCUT2D eigenvalue weighted by molar-refractivity contribution is 5.32. The summed E-state index contributed by atoms with van der Waals surface area (Å²) in [5, 5.41) is 10.1. The Bertz CT molecular complexity index is 469. The maximum Gasteiger partial charge on any atom is 0.180 e. The van der Waals surface area contributed by atoms with E-state index in [-0.39, 0.29) is 29.1 Å². The minimum atomic E-state index is -0.489. The number of aliphatic hydroxyl groups excluding tert-OH is 1. The second kappa shape index (κ2) is 2.76. The van der Waals surface area contributed by atoms with Crippen molar-refractivity contribution in [3.05, 3.63) is 0 Å². The highest BCUT2D eigenvalue weighted by Gasteiger charge is 2.88.